The number of cyclic esters (lactones) is 1. The van der Waals surface area contributed by atoms with Crippen molar-refractivity contribution in [3.05, 3.63) is 12.2 Å². The van der Waals surface area contributed by atoms with Gasteiger partial charge in [0.05, 0.1) is 18.1 Å². The number of carbonyl (C=O) groups is 2. The van der Waals surface area contributed by atoms with E-state index in [9.17, 15) is 14.7 Å². The molecule has 1 rings (SSSR count). The Bertz CT molecular complexity index is 339. The molecule has 0 aromatic carbocycles. The largest absolute Gasteiger partial charge is 0.447 e. The molecule has 0 radical (unpaired) electrons. The first-order chi connectivity index (χ1) is 7.84. The van der Waals surface area contributed by atoms with Crippen LogP contribution in [0.3, 0.4) is 0 Å². The molecule has 1 aliphatic heterocycles. The fourth-order valence-electron chi connectivity index (χ4n) is 1.74. The van der Waals surface area contributed by atoms with Crippen molar-refractivity contribution in [3.63, 3.8) is 0 Å². The number of aliphatic hydroxyl groups excluding tert-OH is 1. The van der Waals surface area contributed by atoms with Gasteiger partial charge in [-0.25, -0.2) is 9.69 Å². The van der Waals surface area contributed by atoms with Crippen LogP contribution in [0.2, 0.25) is 0 Å². The average molecular weight is 241 g/mol. The van der Waals surface area contributed by atoms with Gasteiger partial charge in [0.15, 0.2) is 0 Å². The van der Waals surface area contributed by atoms with Gasteiger partial charge in [-0.3, -0.25) is 4.79 Å². The number of imide groups is 1. The van der Waals surface area contributed by atoms with Gasteiger partial charge in [0.25, 0.3) is 0 Å². The number of aliphatic hydroxyl groups is 1. The minimum absolute atomic E-state index is 0.216. The summed E-state index contributed by atoms with van der Waals surface area (Å²) in [5, 5.41) is 9.83. The molecule has 1 heterocycles. The van der Waals surface area contributed by atoms with Gasteiger partial charge in [-0.1, -0.05) is 12.5 Å². The number of amides is 2. The van der Waals surface area contributed by atoms with Crippen LogP contribution in [0, 0.1) is 5.92 Å². The number of hydrogen-bond acceptors (Lipinski definition) is 4. The maximum absolute atomic E-state index is 12.0. The van der Waals surface area contributed by atoms with Gasteiger partial charge in [0.1, 0.15) is 6.61 Å². The third-order valence-electron chi connectivity index (χ3n) is 2.85. The number of ether oxygens (including phenoxy) is 1. The van der Waals surface area contributed by atoms with Gasteiger partial charge in [0, 0.05) is 0 Å². The molecule has 0 spiro atoms. The third kappa shape index (κ3) is 3.06. The SMILES string of the molecule is C=C(C)C[C@@H](O)[C@H](C)C(=O)N1C(=O)OC[C@@H]1C. The van der Waals surface area contributed by atoms with Crippen LogP contribution >= 0.6 is 0 Å². The summed E-state index contributed by atoms with van der Waals surface area (Å²) in [4.78, 5) is 24.5. The van der Waals surface area contributed by atoms with Crippen molar-refractivity contribution < 1.29 is 19.4 Å². The molecule has 96 valence electrons. The first kappa shape index (κ1) is 13.7. The smallest absolute Gasteiger partial charge is 0.416 e. The Labute approximate surface area is 101 Å². The molecular weight excluding hydrogens is 222 g/mol. The summed E-state index contributed by atoms with van der Waals surface area (Å²) in [6.45, 7) is 9.03. The summed E-state index contributed by atoms with van der Waals surface area (Å²) < 4.78 is 4.78. The van der Waals surface area contributed by atoms with Crippen LogP contribution in [0.1, 0.15) is 27.2 Å². The molecule has 1 aliphatic rings. The van der Waals surface area contributed by atoms with Crippen molar-refractivity contribution in [2.75, 3.05) is 6.61 Å². The maximum Gasteiger partial charge on any atom is 0.416 e. The van der Waals surface area contributed by atoms with E-state index in [-0.39, 0.29) is 12.6 Å². The number of rotatable bonds is 4. The highest BCUT2D eigenvalue weighted by atomic mass is 16.6. The summed E-state index contributed by atoms with van der Waals surface area (Å²) in [5.41, 5.74) is 0.800. The van der Waals surface area contributed by atoms with E-state index >= 15 is 0 Å². The lowest BCUT2D eigenvalue weighted by atomic mass is 9.97. The fraction of sp³-hybridized carbons (Fsp3) is 0.667. The number of carbonyl (C=O) groups excluding carboxylic acids is 2. The van der Waals surface area contributed by atoms with Crippen molar-refractivity contribution in [1.82, 2.24) is 4.90 Å². The van der Waals surface area contributed by atoms with Crippen LogP contribution in [0.25, 0.3) is 0 Å². The number of hydrogen-bond donors (Lipinski definition) is 1. The second-order valence-electron chi connectivity index (χ2n) is 4.65. The minimum Gasteiger partial charge on any atom is -0.447 e. The highest BCUT2D eigenvalue weighted by molar-refractivity contribution is 5.94. The molecule has 0 saturated carbocycles. The first-order valence-corrected chi connectivity index (χ1v) is 5.66. The third-order valence-corrected chi connectivity index (χ3v) is 2.85. The second kappa shape index (κ2) is 5.31. The van der Waals surface area contributed by atoms with Crippen molar-refractivity contribution in [1.29, 1.82) is 0 Å². The predicted molar refractivity (Wildman–Crippen MR) is 62.3 cm³/mol. The van der Waals surface area contributed by atoms with Gasteiger partial charge >= 0.3 is 6.09 Å². The topological polar surface area (TPSA) is 66.8 Å². The number of nitrogens with zero attached hydrogens (tertiary/aromatic N) is 1. The van der Waals surface area contributed by atoms with Gasteiger partial charge in [-0.2, -0.15) is 0 Å². The van der Waals surface area contributed by atoms with Crippen molar-refractivity contribution in [2.24, 2.45) is 5.92 Å². The average Bonchev–Trinajstić information content (AvgIpc) is 2.55. The van der Waals surface area contributed by atoms with Crippen molar-refractivity contribution >= 4 is 12.0 Å². The van der Waals surface area contributed by atoms with Gasteiger partial charge in [-0.15, -0.1) is 6.58 Å². The Balaban J connectivity index is 2.68. The quantitative estimate of drug-likeness (QED) is 0.754. The second-order valence-corrected chi connectivity index (χ2v) is 4.65. The highest BCUT2D eigenvalue weighted by Crippen LogP contribution is 2.19. The fourth-order valence-corrected chi connectivity index (χ4v) is 1.74. The van der Waals surface area contributed by atoms with E-state index in [4.69, 9.17) is 4.74 Å². The van der Waals surface area contributed by atoms with Crippen LogP contribution in [0.15, 0.2) is 12.2 Å². The molecule has 0 unspecified atom stereocenters. The molecular formula is C12H19NO4. The summed E-state index contributed by atoms with van der Waals surface area (Å²) >= 11 is 0. The maximum atomic E-state index is 12.0. The minimum atomic E-state index is -0.819. The lowest BCUT2D eigenvalue weighted by molar-refractivity contribution is -0.136. The summed E-state index contributed by atoms with van der Waals surface area (Å²) in [6.07, 6.45) is -1.10. The predicted octanol–water partition coefficient (Wildman–Crippen LogP) is 1.32. The first-order valence-electron chi connectivity index (χ1n) is 5.66. The van der Waals surface area contributed by atoms with E-state index in [1.54, 1.807) is 20.8 Å². The zero-order valence-corrected chi connectivity index (χ0v) is 10.5. The van der Waals surface area contributed by atoms with Crippen LogP contribution in [-0.4, -0.2) is 40.8 Å². The van der Waals surface area contributed by atoms with Crippen LogP contribution in [0.4, 0.5) is 4.79 Å². The van der Waals surface area contributed by atoms with Crippen LogP contribution in [0.5, 0.6) is 0 Å². The van der Waals surface area contributed by atoms with Crippen molar-refractivity contribution in [2.45, 2.75) is 39.3 Å². The lowest BCUT2D eigenvalue weighted by Gasteiger charge is -2.23. The summed E-state index contributed by atoms with van der Waals surface area (Å²) in [5.74, 6) is -1.03. The standard InChI is InChI=1S/C12H19NO4/c1-7(2)5-10(14)9(4)11(15)13-8(3)6-17-12(13)16/h8-10,14H,1,5-6H2,2-4H3/t8-,9-,10+/m0/s1. The molecule has 0 aromatic heterocycles. The Kier molecular flexibility index (Phi) is 4.28. The van der Waals surface area contributed by atoms with Crippen molar-refractivity contribution in [3.8, 4) is 0 Å². The highest BCUT2D eigenvalue weighted by Gasteiger charge is 2.38. The van der Waals surface area contributed by atoms with Crippen LogP contribution < -0.4 is 0 Å². The molecule has 1 saturated heterocycles. The lowest BCUT2D eigenvalue weighted by Crippen LogP contribution is -2.43. The molecule has 0 aromatic rings. The Morgan fingerprint density at radius 2 is 2.29 bits per heavy atom. The Morgan fingerprint density at radius 3 is 2.71 bits per heavy atom. The summed E-state index contributed by atoms with van der Waals surface area (Å²) in [7, 11) is 0. The molecule has 2 amide bonds. The van der Waals surface area contributed by atoms with E-state index in [0.717, 1.165) is 10.5 Å². The molecule has 0 bridgehead atoms. The van der Waals surface area contributed by atoms with Gasteiger partial charge < -0.3 is 9.84 Å². The van der Waals surface area contributed by atoms with E-state index in [1.807, 2.05) is 0 Å². The van der Waals surface area contributed by atoms with E-state index in [2.05, 4.69) is 6.58 Å². The van der Waals surface area contributed by atoms with E-state index < -0.39 is 24.0 Å². The Morgan fingerprint density at radius 1 is 1.71 bits per heavy atom. The van der Waals surface area contributed by atoms with Crippen LogP contribution in [-0.2, 0) is 9.53 Å². The zero-order chi connectivity index (χ0) is 13.2. The monoisotopic (exact) mass is 241 g/mol. The normalized spacial score (nSPS) is 23.2. The molecule has 5 heteroatoms. The molecule has 1 fully saturated rings. The summed E-state index contributed by atoms with van der Waals surface area (Å²) in [6, 6.07) is -0.269. The van der Waals surface area contributed by atoms with E-state index in [1.165, 1.54) is 0 Å². The molecule has 3 atom stereocenters. The molecule has 0 aliphatic carbocycles. The van der Waals surface area contributed by atoms with Gasteiger partial charge in [0.2, 0.25) is 5.91 Å². The van der Waals surface area contributed by atoms with Gasteiger partial charge in [-0.05, 0) is 20.3 Å². The van der Waals surface area contributed by atoms with E-state index in [0.29, 0.717) is 6.42 Å². The Hall–Kier alpha value is -1.36. The molecule has 17 heavy (non-hydrogen) atoms. The zero-order valence-electron chi connectivity index (χ0n) is 10.5. The molecule has 5 nitrogen and oxygen atoms in total. The molecule has 1 N–H and O–H groups in total.